The molecule has 0 amide bonds. The summed E-state index contributed by atoms with van der Waals surface area (Å²) in [6, 6.07) is 20.3. The zero-order chi connectivity index (χ0) is 26.2. The second kappa shape index (κ2) is 13.7. The highest BCUT2D eigenvalue weighted by molar-refractivity contribution is 5.80. The lowest BCUT2D eigenvalue weighted by Gasteiger charge is -2.31. The number of carbonyl (C=O) groups excluding carboxylic acids is 1. The smallest absolute Gasteiger partial charge is 0.147 e. The maximum Gasteiger partial charge on any atom is 0.147 e. The predicted octanol–water partition coefficient (Wildman–Crippen LogP) is 6.86. The maximum absolute atomic E-state index is 11.5. The van der Waals surface area contributed by atoms with Crippen LogP contribution in [0.2, 0.25) is 0 Å². The number of hydrogen-bond donors (Lipinski definition) is 0. The molecule has 0 radical (unpaired) electrons. The van der Waals surface area contributed by atoms with Crippen molar-refractivity contribution in [1.82, 2.24) is 0 Å². The molecule has 38 heavy (non-hydrogen) atoms. The summed E-state index contributed by atoms with van der Waals surface area (Å²) >= 11 is 0. The van der Waals surface area contributed by atoms with Crippen molar-refractivity contribution in [2.24, 2.45) is 23.7 Å². The van der Waals surface area contributed by atoms with Crippen LogP contribution < -0.4 is 0 Å². The molecule has 0 N–H and O–H groups in total. The number of ketones is 1. The quantitative estimate of drug-likeness (QED) is 0.195. The van der Waals surface area contributed by atoms with Crippen molar-refractivity contribution in [2.45, 2.75) is 76.8 Å². The molecule has 4 saturated carbocycles. The van der Waals surface area contributed by atoms with Gasteiger partial charge in [-0.2, -0.15) is 0 Å². The molecular formula is C33H42O5. The number of rotatable bonds is 10. The Morgan fingerprint density at radius 3 is 1.42 bits per heavy atom. The highest BCUT2D eigenvalue weighted by atomic mass is 16.7. The molecule has 0 saturated heterocycles. The predicted molar refractivity (Wildman–Crippen MR) is 147 cm³/mol. The minimum Gasteiger partial charge on any atom is -0.352 e. The Hall–Kier alpha value is -2.31. The van der Waals surface area contributed by atoms with Crippen LogP contribution in [0, 0.1) is 23.7 Å². The molecule has 6 rings (SSSR count). The average molecular weight is 519 g/mol. The van der Waals surface area contributed by atoms with E-state index in [1.165, 1.54) is 24.0 Å². The third-order valence-electron chi connectivity index (χ3n) is 8.67. The first-order valence-electron chi connectivity index (χ1n) is 14.3. The largest absolute Gasteiger partial charge is 0.352 e. The summed E-state index contributed by atoms with van der Waals surface area (Å²) in [5, 5.41) is 0. The molecule has 4 atom stereocenters. The second-order valence-electron chi connectivity index (χ2n) is 11.5. The molecule has 2 aromatic rings. The standard InChI is InChI=1S/C17H22O2.C16H20O3/c1-13-9-15-7-8-16(10-13)17(15)19-12-18-11-14-5-3-2-4-6-14;17-15-8-13-6-7-14(9-15)16(13)19-11-18-10-12-4-2-1-3-5-12/h2-6,15-17H,1,7-12H2;1-5,13-14,16H,6-11H2. The summed E-state index contributed by atoms with van der Waals surface area (Å²) < 4.78 is 23.0. The monoisotopic (exact) mass is 518 g/mol. The molecule has 5 nitrogen and oxygen atoms in total. The van der Waals surface area contributed by atoms with Crippen LogP contribution in [0.25, 0.3) is 0 Å². The van der Waals surface area contributed by atoms with Crippen LogP contribution in [0.1, 0.15) is 62.5 Å². The van der Waals surface area contributed by atoms with Crippen LogP contribution >= 0.6 is 0 Å². The fraction of sp³-hybridized carbons (Fsp3) is 0.545. The minimum atomic E-state index is 0.244. The Kier molecular flexibility index (Phi) is 9.80. The van der Waals surface area contributed by atoms with E-state index < -0.39 is 0 Å². The molecule has 4 unspecified atom stereocenters. The van der Waals surface area contributed by atoms with E-state index in [0.717, 1.165) is 31.2 Å². The third kappa shape index (κ3) is 7.41. The summed E-state index contributed by atoms with van der Waals surface area (Å²) in [6.07, 6.45) is 9.24. The summed E-state index contributed by atoms with van der Waals surface area (Å²) in [5.74, 6) is 2.66. The molecule has 0 aliphatic heterocycles. The van der Waals surface area contributed by atoms with Gasteiger partial charge in [0.1, 0.15) is 19.4 Å². The van der Waals surface area contributed by atoms with Crippen LogP contribution in [0.3, 0.4) is 0 Å². The van der Waals surface area contributed by atoms with Gasteiger partial charge in [0.2, 0.25) is 0 Å². The topological polar surface area (TPSA) is 54.0 Å². The normalized spacial score (nSPS) is 29.7. The molecule has 4 aliphatic carbocycles. The van der Waals surface area contributed by atoms with Gasteiger partial charge in [0, 0.05) is 12.8 Å². The van der Waals surface area contributed by atoms with E-state index in [4.69, 9.17) is 18.9 Å². The van der Waals surface area contributed by atoms with Crippen molar-refractivity contribution < 1.29 is 23.7 Å². The summed E-state index contributed by atoms with van der Waals surface area (Å²) in [4.78, 5) is 11.5. The molecular weight excluding hydrogens is 476 g/mol. The molecule has 5 heteroatoms. The van der Waals surface area contributed by atoms with Gasteiger partial charge in [0.05, 0.1) is 25.4 Å². The first kappa shape index (κ1) is 27.3. The highest BCUT2D eigenvalue weighted by Crippen LogP contribution is 2.45. The molecule has 4 aliphatic rings. The first-order chi connectivity index (χ1) is 18.7. The highest BCUT2D eigenvalue weighted by Gasteiger charge is 2.43. The van der Waals surface area contributed by atoms with Gasteiger partial charge >= 0.3 is 0 Å². The van der Waals surface area contributed by atoms with Crippen molar-refractivity contribution in [3.05, 3.63) is 83.9 Å². The zero-order valence-electron chi connectivity index (χ0n) is 22.5. The van der Waals surface area contributed by atoms with Crippen molar-refractivity contribution >= 4 is 5.78 Å². The van der Waals surface area contributed by atoms with Gasteiger partial charge in [-0.1, -0.05) is 72.8 Å². The Morgan fingerprint density at radius 1 is 0.605 bits per heavy atom. The molecule has 0 aromatic heterocycles. The van der Waals surface area contributed by atoms with E-state index in [0.29, 0.717) is 75.2 Å². The Bertz CT molecular complexity index is 907. The fourth-order valence-electron chi connectivity index (χ4n) is 6.91. The minimum absolute atomic E-state index is 0.244. The van der Waals surface area contributed by atoms with Crippen LogP contribution in [0.5, 0.6) is 0 Å². The Labute approximate surface area is 227 Å². The van der Waals surface area contributed by atoms with E-state index in [1.54, 1.807) is 0 Å². The van der Waals surface area contributed by atoms with Crippen LogP contribution in [0.15, 0.2) is 72.8 Å². The number of allylic oxidation sites excluding steroid dienone is 1. The molecule has 0 heterocycles. The number of benzene rings is 2. The Morgan fingerprint density at radius 2 is 1.00 bits per heavy atom. The van der Waals surface area contributed by atoms with Crippen LogP contribution in [-0.2, 0) is 37.0 Å². The van der Waals surface area contributed by atoms with Gasteiger partial charge in [0.15, 0.2) is 0 Å². The van der Waals surface area contributed by atoms with E-state index in [2.05, 4.69) is 18.7 Å². The number of ether oxygens (including phenoxy) is 4. The lowest BCUT2D eigenvalue weighted by atomic mass is 9.83. The first-order valence-corrected chi connectivity index (χ1v) is 14.3. The zero-order valence-corrected chi connectivity index (χ0v) is 22.5. The van der Waals surface area contributed by atoms with E-state index >= 15 is 0 Å². The van der Waals surface area contributed by atoms with Crippen LogP contribution in [-0.4, -0.2) is 31.6 Å². The van der Waals surface area contributed by atoms with Crippen molar-refractivity contribution in [3.8, 4) is 0 Å². The Balaban J connectivity index is 0.000000155. The fourth-order valence-corrected chi connectivity index (χ4v) is 6.91. The average Bonchev–Trinajstić information content (AvgIpc) is 3.32. The lowest BCUT2D eigenvalue weighted by Crippen LogP contribution is -2.33. The number of hydrogen-bond acceptors (Lipinski definition) is 5. The summed E-state index contributed by atoms with van der Waals surface area (Å²) in [5.41, 5.74) is 3.77. The van der Waals surface area contributed by atoms with Crippen molar-refractivity contribution in [3.63, 3.8) is 0 Å². The third-order valence-corrected chi connectivity index (χ3v) is 8.67. The van der Waals surface area contributed by atoms with Crippen molar-refractivity contribution in [2.75, 3.05) is 13.6 Å². The lowest BCUT2D eigenvalue weighted by molar-refractivity contribution is -0.142. The van der Waals surface area contributed by atoms with E-state index in [-0.39, 0.29) is 6.10 Å². The SMILES string of the molecule is C=C1CC2CCC(C1)C2OCOCc1ccccc1.O=C1CC2CCC(C1)C2OCOCc1ccccc1. The number of fused-ring (bicyclic) bond motifs is 4. The molecule has 0 spiro atoms. The van der Waals surface area contributed by atoms with Crippen LogP contribution in [0.4, 0.5) is 0 Å². The van der Waals surface area contributed by atoms with E-state index in [1.807, 2.05) is 48.5 Å². The maximum atomic E-state index is 11.5. The summed E-state index contributed by atoms with van der Waals surface area (Å²) in [7, 11) is 0. The second-order valence-corrected chi connectivity index (χ2v) is 11.5. The van der Waals surface area contributed by atoms with Gasteiger partial charge in [-0.05, 0) is 73.3 Å². The van der Waals surface area contributed by atoms with Gasteiger partial charge in [0.25, 0.3) is 0 Å². The number of Topliss-reactive ketones (excluding diaryl/α,β-unsaturated/α-hetero) is 1. The molecule has 204 valence electrons. The molecule has 4 fully saturated rings. The van der Waals surface area contributed by atoms with Gasteiger partial charge < -0.3 is 18.9 Å². The van der Waals surface area contributed by atoms with E-state index in [9.17, 15) is 4.79 Å². The van der Waals surface area contributed by atoms with Gasteiger partial charge in [-0.3, -0.25) is 4.79 Å². The van der Waals surface area contributed by atoms with Gasteiger partial charge in [-0.25, -0.2) is 0 Å². The molecule has 4 bridgehead atoms. The number of carbonyl (C=O) groups is 1. The summed E-state index contributed by atoms with van der Waals surface area (Å²) in [6.45, 7) is 6.11. The van der Waals surface area contributed by atoms with Gasteiger partial charge in [-0.15, -0.1) is 0 Å². The molecule has 2 aromatic carbocycles. The van der Waals surface area contributed by atoms with Crippen molar-refractivity contribution in [1.29, 1.82) is 0 Å².